The van der Waals surface area contributed by atoms with E-state index in [1.165, 1.54) is 327 Å². The van der Waals surface area contributed by atoms with Crippen LogP contribution in [0.3, 0.4) is 0 Å². The van der Waals surface area contributed by atoms with Crippen LogP contribution in [0.25, 0.3) is 0 Å². The van der Waals surface area contributed by atoms with Gasteiger partial charge in [-0.1, -0.05) is 466 Å². The summed E-state index contributed by atoms with van der Waals surface area (Å²) in [6.45, 7) is 12.1. The van der Waals surface area contributed by atoms with Gasteiger partial charge in [0.1, 0.15) is 19.3 Å². The smallest absolute Gasteiger partial charge is 0.462 e. The number of esters is 4. The summed E-state index contributed by atoms with van der Waals surface area (Å²) < 4.78 is 69.2. The molecule has 115 heavy (non-hydrogen) atoms. The topological polar surface area (TPSA) is 237 Å². The van der Waals surface area contributed by atoms with Gasteiger partial charge in [0.25, 0.3) is 0 Å². The Kier molecular flexibility index (Phi) is 84.2. The van der Waals surface area contributed by atoms with Crippen molar-refractivity contribution in [3.8, 4) is 0 Å². The lowest BCUT2D eigenvalue weighted by atomic mass is 9.99. The summed E-state index contributed by atoms with van der Waals surface area (Å²) in [6.07, 6.45) is 80.6. The number of carbonyl (C=O) groups is 4. The van der Waals surface area contributed by atoms with Gasteiger partial charge in [-0.15, -0.1) is 0 Å². The molecule has 0 aromatic carbocycles. The average molecular weight is 1680 g/mol. The highest BCUT2D eigenvalue weighted by atomic mass is 31.2. The van der Waals surface area contributed by atoms with Crippen LogP contribution < -0.4 is 0 Å². The summed E-state index contributed by atoms with van der Waals surface area (Å²) in [5.74, 6) is 0.378. The van der Waals surface area contributed by atoms with Crippen LogP contribution in [-0.2, 0) is 65.4 Å². The van der Waals surface area contributed by atoms with Crippen LogP contribution in [-0.4, -0.2) is 96.7 Å². The fourth-order valence-corrected chi connectivity index (χ4v) is 16.7. The van der Waals surface area contributed by atoms with Crippen molar-refractivity contribution in [2.75, 3.05) is 39.6 Å². The molecule has 0 rings (SSSR count). The Bertz CT molecular complexity index is 2200. The number of hydrogen-bond acceptors (Lipinski definition) is 15. The third kappa shape index (κ3) is 86.8. The molecule has 0 radical (unpaired) electrons. The average Bonchev–Trinajstić information content (AvgIpc) is 0.897. The van der Waals surface area contributed by atoms with Crippen molar-refractivity contribution in [2.45, 2.75) is 535 Å². The van der Waals surface area contributed by atoms with Gasteiger partial charge in [-0.25, -0.2) is 9.13 Å². The number of aliphatic hydroxyl groups excluding tert-OH is 1. The molecule has 0 aliphatic rings. The first-order valence-corrected chi connectivity index (χ1v) is 52.4. The lowest BCUT2D eigenvalue weighted by Gasteiger charge is -2.21. The first-order valence-electron chi connectivity index (χ1n) is 49.4. The number of ether oxygens (including phenoxy) is 4. The maximum atomic E-state index is 13.2. The van der Waals surface area contributed by atoms with E-state index in [1.807, 2.05) is 0 Å². The zero-order valence-electron chi connectivity index (χ0n) is 76.3. The second-order valence-corrected chi connectivity index (χ2v) is 38.3. The van der Waals surface area contributed by atoms with Crippen LogP contribution in [0.15, 0.2) is 0 Å². The van der Waals surface area contributed by atoms with E-state index in [-0.39, 0.29) is 25.7 Å². The van der Waals surface area contributed by atoms with Crippen molar-refractivity contribution >= 4 is 39.5 Å². The summed E-state index contributed by atoms with van der Waals surface area (Å²) in [5, 5.41) is 10.7. The first-order chi connectivity index (χ1) is 55.8. The van der Waals surface area contributed by atoms with E-state index in [4.69, 9.17) is 37.0 Å². The number of rotatable bonds is 94. The molecule has 0 heterocycles. The molecule has 4 unspecified atom stereocenters. The highest BCUT2D eigenvalue weighted by Crippen LogP contribution is 2.45. The minimum Gasteiger partial charge on any atom is -0.462 e. The van der Waals surface area contributed by atoms with Gasteiger partial charge >= 0.3 is 39.5 Å². The van der Waals surface area contributed by atoms with Gasteiger partial charge in [-0.3, -0.25) is 37.3 Å². The van der Waals surface area contributed by atoms with Crippen molar-refractivity contribution in [3.05, 3.63) is 0 Å². The molecule has 0 bridgehead atoms. The van der Waals surface area contributed by atoms with Crippen molar-refractivity contribution in [1.29, 1.82) is 0 Å². The van der Waals surface area contributed by atoms with E-state index in [9.17, 15) is 43.2 Å². The molecule has 17 nitrogen and oxygen atoms in total. The van der Waals surface area contributed by atoms with Crippen molar-refractivity contribution in [1.82, 2.24) is 0 Å². The van der Waals surface area contributed by atoms with Gasteiger partial charge in [-0.05, 0) is 43.4 Å². The lowest BCUT2D eigenvalue weighted by Crippen LogP contribution is -2.30. The summed E-state index contributed by atoms with van der Waals surface area (Å²) >= 11 is 0. The number of carbonyl (C=O) groups excluding carboxylic acids is 4. The third-order valence-corrected chi connectivity index (χ3v) is 25.3. The van der Waals surface area contributed by atoms with Crippen LogP contribution >= 0.6 is 15.6 Å². The number of unbranched alkanes of at least 4 members (excludes halogenated alkanes) is 60. The molecule has 0 aromatic heterocycles. The molecule has 0 amide bonds. The molecular weight excluding hydrogens is 1490 g/mol. The van der Waals surface area contributed by atoms with Crippen LogP contribution in [0.4, 0.5) is 0 Å². The van der Waals surface area contributed by atoms with Crippen LogP contribution in [0.2, 0.25) is 0 Å². The zero-order valence-corrected chi connectivity index (χ0v) is 78.1. The van der Waals surface area contributed by atoms with Crippen LogP contribution in [0.5, 0.6) is 0 Å². The van der Waals surface area contributed by atoms with Gasteiger partial charge in [0.05, 0.1) is 26.4 Å². The molecule has 0 fully saturated rings. The highest BCUT2D eigenvalue weighted by Gasteiger charge is 2.31. The van der Waals surface area contributed by atoms with Gasteiger partial charge in [-0.2, -0.15) is 0 Å². The van der Waals surface area contributed by atoms with E-state index in [0.717, 1.165) is 108 Å². The van der Waals surface area contributed by atoms with E-state index in [0.29, 0.717) is 25.7 Å². The molecule has 0 saturated heterocycles. The van der Waals surface area contributed by atoms with Gasteiger partial charge in [0.15, 0.2) is 12.2 Å². The second kappa shape index (κ2) is 85.6. The molecule has 3 N–H and O–H groups in total. The standard InChI is InChI=1S/C96H188O17P2/c1-8-11-12-13-14-15-16-17-18-19-20-21-29-34-39-44-49-58-65-73-80-96(101)113-92(84-107-94(99)78-71-64-57-52-51-55-62-69-76-89(7)10-3)86-111-115(104,105)109-82-90(97)81-108-114(102,103)110-85-91(83-106-93(98)77-70-63-56-48-43-38-33-28-24-22-26-31-36-41-46-53-60-67-74-87(4)5)112-95(100)79-72-66-59-50-45-40-35-30-25-23-27-32-37-42-47-54-61-68-75-88(6)9-2/h87-92,97H,8-86H2,1-7H3,(H,102,103)(H,104,105)/t88?,89?,90-,91-,92-/m1/s1. The van der Waals surface area contributed by atoms with E-state index < -0.39 is 97.5 Å². The Morgan fingerprint density at radius 3 is 0.661 bits per heavy atom. The van der Waals surface area contributed by atoms with Gasteiger partial charge in [0.2, 0.25) is 0 Å². The predicted octanol–water partition coefficient (Wildman–Crippen LogP) is 30.0. The van der Waals surface area contributed by atoms with Gasteiger partial charge < -0.3 is 33.8 Å². The van der Waals surface area contributed by atoms with E-state index >= 15 is 0 Å². The first kappa shape index (κ1) is 113. The highest BCUT2D eigenvalue weighted by molar-refractivity contribution is 7.47. The SMILES string of the molecule is CCCCCCCCCCCCCCCCCCCCCCC(=O)O[C@H](COC(=O)CCCCCCCCCCC(C)CC)COP(=O)(O)OC[C@H](O)COP(=O)(O)OC[C@@H](COC(=O)CCCCCCCCCCCCCCCCCCCCC(C)C)OC(=O)CCCCCCCCCCCCCCCCCCCCC(C)CC. The monoisotopic (exact) mass is 1680 g/mol. The molecule has 0 spiro atoms. The van der Waals surface area contributed by atoms with Crippen LogP contribution in [0, 0.1) is 17.8 Å². The van der Waals surface area contributed by atoms with E-state index in [2.05, 4.69) is 48.5 Å². The molecule has 7 atom stereocenters. The largest absolute Gasteiger partial charge is 0.472 e. The Morgan fingerprint density at radius 1 is 0.252 bits per heavy atom. The number of phosphoric ester groups is 2. The second-order valence-electron chi connectivity index (χ2n) is 35.4. The molecule has 19 heteroatoms. The summed E-state index contributed by atoms with van der Waals surface area (Å²) in [4.78, 5) is 73.6. The van der Waals surface area contributed by atoms with Crippen molar-refractivity contribution < 1.29 is 80.2 Å². The molecule has 0 aliphatic heterocycles. The lowest BCUT2D eigenvalue weighted by molar-refractivity contribution is -0.161. The Morgan fingerprint density at radius 2 is 0.443 bits per heavy atom. The molecule has 0 saturated carbocycles. The Hall–Kier alpha value is -1.94. The Labute approximate surface area is 708 Å². The number of aliphatic hydroxyl groups is 1. The maximum absolute atomic E-state index is 13.2. The van der Waals surface area contributed by atoms with E-state index in [1.54, 1.807) is 0 Å². The zero-order chi connectivity index (χ0) is 84.3. The number of hydrogen-bond donors (Lipinski definition) is 3. The van der Waals surface area contributed by atoms with Gasteiger partial charge in [0, 0.05) is 25.7 Å². The fourth-order valence-electron chi connectivity index (χ4n) is 15.1. The van der Waals surface area contributed by atoms with Crippen molar-refractivity contribution in [2.24, 2.45) is 17.8 Å². The summed E-state index contributed by atoms with van der Waals surface area (Å²) in [7, 11) is -9.94. The molecule has 0 aromatic rings. The molecular formula is C96H188O17P2. The van der Waals surface area contributed by atoms with Crippen LogP contribution in [0.1, 0.15) is 517 Å². The normalized spacial score (nSPS) is 14.2. The minimum atomic E-state index is -4.97. The summed E-state index contributed by atoms with van der Waals surface area (Å²) in [6, 6.07) is 0. The quantitative estimate of drug-likeness (QED) is 0.0222. The predicted molar refractivity (Wildman–Crippen MR) is 478 cm³/mol. The fraction of sp³-hybridized carbons (Fsp3) is 0.958. The summed E-state index contributed by atoms with van der Waals surface area (Å²) in [5.41, 5.74) is 0. The Balaban J connectivity index is 5.24. The molecule has 0 aliphatic carbocycles. The minimum absolute atomic E-state index is 0.109. The maximum Gasteiger partial charge on any atom is 0.472 e. The molecule has 684 valence electrons. The number of phosphoric acid groups is 2. The third-order valence-electron chi connectivity index (χ3n) is 23.4. The van der Waals surface area contributed by atoms with Crippen molar-refractivity contribution in [3.63, 3.8) is 0 Å².